The Balaban J connectivity index is 2.71. The van der Waals surface area contributed by atoms with Crippen LogP contribution in [-0.2, 0) is 4.79 Å². The predicted octanol–water partition coefficient (Wildman–Crippen LogP) is 3.84. The van der Waals surface area contributed by atoms with Crippen LogP contribution in [0.2, 0.25) is 0 Å². The monoisotopic (exact) mass is 270 g/mol. The Morgan fingerprint density at radius 2 is 1.89 bits per heavy atom. The number of aliphatic hydroxyl groups is 1. The van der Waals surface area contributed by atoms with Crippen molar-refractivity contribution in [1.29, 1.82) is 0 Å². The van der Waals surface area contributed by atoms with Crippen LogP contribution in [0.4, 0.5) is 0 Å². The summed E-state index contributed by atoms with van der Waals surface area (Å²) in [7, 11) is 0. The van der Waals surface area contributed by atoms with E-state index in [4.69, 9.17) is 0 Å². The molecule has 1 aliphatic rings. The molecular formula is C16H30O3. The van der Waals surface area contributed by atoms with E-state index in [1.165, 1.54) is 0 Å². The van der Waals surface area contributed by atoms with E-state index in [9.17, 15) is 15.0 Å². The summed E-state index contributed by atoms with van der Waals surface area (Å²) in [5.41, 5.74) is -0.879. The Kier molecular flexibility index (Phi) is 5.43. The minimum Gasteiger partial charge on any atom is -0.481 e. The van der Waals surface area contributed by atoms with Gasteiger partial charge in [-0.05, 0) is 43.4 Å². The molecule has 0 heterocycles. The van der Waals surface area contributed by atoms with Gasteiger partial charge in [0, 0.05) is 0 Å². The van der Waals surface area contributed by atoms with E-state index in [0.29, 0.717) is 12.3 Å². The lowest BCUT2D eigenvalue weighted by molar-refractivity contribution is -0.158. The van der Waals surface area contributed by atoms with Crippen LogP contribution < -0.4 is 0 Å². The van der Waals surface area contributed by atoms with Crippen molar-refractivity contribution >= 4 is 5.97 Å². The zero-order valence-corrected chi connectivity index (χ0v) is 12.9. The molecule has 0 aromatic rings. The van der Waals surface area contributed by atoms with E-state index in [1.807, 2.05) is 27.7 Å². The molecule has 0 amide bonds. The zero-order chi connectivity index (χ0) is 14.7. The van der Waals surface area contributed by atoms with Gasteiger partial charge in [-0.2, -0.15) is 0 Å². The van der Waals surface area contributed by atoms with Gasteiger partial charge in [-0.25, -0.2) is 0 Å². The van der Waals surface area contributed by atoms with E-state index >= 15 is 0 Å². The van der Waals surface area contributed by atoms with Crippen molar-refractivity contribution in [2.24, 2.45) is 16.7 Å². The summed E-state index contributed by atoms with van der Waals surface area (Å²) in [6, 6.07) is 0. The van der Waals surface area contributed by atoms with Crippen molar-refractivity contribution in [2.75, 3.05) is 0 Å². The molecule has 1 fully saturated rings. The first-order chi connectivity index (χ1) is 8.73. The second kappa shape index (κ2) is 6.25. The molecule has 0 saturated heterocycles. The lowest BCUT2D eigenvalue weighted by atomic mass is 9.61. The fourth-order valence-corrected chi connectivity index (χ4v) is 3.64. The number of hydrogen-bond acceptors (Lipinski definition) is 2. The fraction of sp³-hybridized carbons (Fsp3) is 0.938. The minimum absolute atomic E-state index is 0.172. The van der Waals surface area contributed by atoms with Gasteiger partial charge < -0.3 is 10.2 Å². The molecule has 3 heteroatoms. The molecule has 1 saturated carbocycles. The van der Waals surface area contributed by atoms with Crippen LogP contribution in [0.15, 0.2) is 0 Å². The summed E-state index contributed by atoms with van der Waals surface area (Å²) in [6.07, 6.45) is 6.12. The number of carbonyl (C=O) groups is 1. The van der Waals surface area contributed by atoms with Gasteiger partial charge in [-0.1, -0.05) is 40.5 Å². The molecular weight excluding hydrogens is 240 g/mol. The summed E-state index contributed by atoms with van der Waals surface area (Å²) >= 11 is 0. The number of carboxylic acids is 1. The Morgan fingerprint density at radius 1 is 1.26 bits per heavy atom. The Hall–Kier alpha value is -0.570. The van der Waals surface area contributed by atoms with E-state index in [-0.39, 0.29) is 11.5 Å². The zero-order valence-electron chi connectivity index (χ0n) is 12.9. The number of rotatable bonds is 5. The highest BCUT2D eigenvalue weighted by atomic mass is 16.4. The van der Waals surface area contributed by atoms with Crippen LogP contribution >= 0.6 is 0 Å². The van der Waals surface area contributed by atoms with Gasteiger partial charge in [0.25, 0.3) is 0 Å². The third kappa shape index (κ3) is 3.71. The third-order valence-electron chi connectivity index (χ3n) is 5.18. The second-order valence-electron chi connectivity index (χ2n) is 7.22. The summed E-state index contributed by atoms with van der Waals surface area (Å²) < 4.78 is 0. The van der Waals surface area contributed by atoms with E-state index < -0.39 is 11.4 Å². The van der Waals surface area contributed by atoms with Gasteiger partial charge in [0.2, 0.25) is 0 Å². The average molecular weight is 270 g/mol. The van der Waals surface area contributed by atoms with Crippen molar-refractivity contribution in [3.63, 3.8) is 0 Å². The van der Waals surface area contributed by atoms with Gasteiger partial charge in [0.15, 0.2) is 0 Å². The second-order valence-corrected chi connectivity index (χ2v) is 7.22. The molecule has 1 rings (SSSR count). The summed E-state index contributed by atoms with van der Waals surface area (Å²) in [6.45, 7) is 8.07. The fourth-order valence-electron chi connectivity index (χ4n) is 3.64. The maximum absolute atomic E-state index is 11.8. The Labute approximate surface area is 117 Å². The first kappa shape index (κ1) is 16.5. The molecule has 19 heavy (non-hydrogen) atoms. The lowest BCUT2D eigenvalue weighted by Crippen LogP contribution is -2.43. The molecule has 1 aliphatic carbocycles. The molecule has 112 valence electrons. The van der Waals surface area contributed by atoms with Gasteiger partial charge in [-0.3, -0.25) is 4.79 Å². The Bertz CT molecular complexity index is 306. The number of aliphatic carboxylic acids is 1. The molecule has 3 nitrogen and oxygen atoms in total. The number of aliphatic hydroxyl groups excluding tert-OH is 1. The Morgan fingerprint density at radius 3 is 2.32 bits per heavy atom. The number of carboxylic acid groups (broad SMARTS) is 1. The molecule has 0 radical (unpaired) electrons. The van der Waals surface area contributed by atoms with Gasteiger partial charge >= 0.3 is 5.97 Å². The first-order valence-electron chi connectivity index (χ1n) is 7.64. The number of hydrogen-bond donors (Lipinski definition) is 2. The molecule has 3 atom stereocenters. The quantitative estimate of drug-likeness (QED) is 0.798. The van der Waals surface area contributed by atoms with Crippen molar-refractivity contribution < 1.29 is 15.0 Å². The molecule has 0 spiro atoms. The standard InChI is InChI=1S/C16H30O3/c1-5-16(14(18)19,15(2,3)4)10-9-12-7-6-8-13(17)11-12/h12-13,17H,5-11H2,1-4H3,(H,18,19)/t12-,13-,16?/m1/s1. The maximum atomic E-state index is 11.8. The van der Waals surface area contributed by atoms with Crippen LogP contribution in [0.25, 0.3) is 0 Å². The average Bonchev–Trinajstić information content (AvgIpc) is 2.28. The van der Waals surface area contributed by atoms with Gasteiger partial charge in [0.05, 0.1) is 11.5 Å². The molecule has 0 aliphatic heterocycles. The summed E-state index contributed by atoms with van der Waals surface area (Å²) in [5, 5.41) is 19.4. The van der Waals surface area contributed by atoms with Crippen LogP contribution in [-0.4, -0.2) is 22.3 Å². The van der Waals surface area contributed by atoms with Crippen LogP contribution in [0.3, 0.4) is 0 Å². The summed E-state index contributed by atoms with van der Waals surface area (Å²) in [4.78, 5) is 11.8. The largest absolute Gasteiger partial charge is 0.481 e. The van der Waals surface area contributed by atoms with Crippen LogP contribution in [0, 0.1) is 16.7 Å². The normalized spacial score (nSPS) is 27.8. The molecule has 0 aromatic heterocycles. The van der Waals surface area contributed by atoms with Crippen LogP contribution in [0.1, 0.15) is 72.6 Å². The molecule has 0 aromatic carbocycles. The van der Waals surface area contributed by atoms with Crippen molar-refractivity contribution in [3.8, 4) is 0 Å². The van der Waals surface area contributed by atoms with E-state index in [1.54, 1.807) is 0 Å². The van der Waals surface area contributed by atoms with Gasteiger partial charge in [0.1, 0.15) is 0 Å². The lowest BCUT2D eigenvalue weighted by Gasteiger charge is -2.42. The molecule has 0 bridgehead atoms. The highest BCUT2D eigenvalue weighted by molar-refractivity contribution is 5.75. The van der Waals surface area contributed by atoms with E-state index in [2.05, 4.69) is 0 Å². The molecule has 2 N–H and O–H groups in total. The third-order valence-corrected chi connectivity index (χ3v) is 5.18. The van der Waals surface area contributed by atoms with Crippen LogP contribution in [0.5, 0.6) is 0 Å². The SMILES string of the molecule is CCC(CC[C@H]1CCC[C@@H](O)C1)(C(=O)O)C(C)(C)C. The smallest absolute Gasteiger partial charge is 0.310 e. The van der Waals surface area contributed by atoms with Crippen molar-refractivity contribution in [3.05, 3.63) is 0 Å². The summed E-state index contributed by atoms with van der Waals surface area (Å²) in [5.74, 6) is -0.171. The minimum atomic E-state index is -0.668. The highest BCUT2D eigenvalue weighted by Gasteiger charge is 2.47. The maximum Gasteiger partial charge on any atom is 0.310 e. The predicted molar refractivity (Wildman–Crippen MR) is 77.0 cm³/mol. The van der Waals surface area contributed by atoms with E-state index in [0.717, 1.165) is 38.5 Å². The van der Waals surface area contributed by atoms with Crippen molar-refractivity contribution in [1.82, 2.24) is 0 Å². The first-order valence-corrected chi connectivity index (χ1v) is 7.64. The molecule has 1 unspecified atom stereocenters. The topological polar surface area (TPSA) is 57.5 Å². The van der Waals surface area contributed by atoms with Crippen molar-refractivity contribution in [2.45, 2.75) is 78.7 Å². The highest BCUT2D eigenvalue weighted by Crippen LogP contribution is 2.47. The van der Waals surface area contributed by atoms with Gasteiger partial charge in [-0.15, -0.1) is 0 Å².